The van der Waals surface area contributed by atoms with E-state index in [1.807, 2.05) is 0 Å². The first kappa shape index (κ1) is 17.2. The zero-order valence-corrected chi connectivity index (χ0v) is 13.4. The third kappa shape index (κ3) is 5.93. The maximum absolute atomic E-state index is 12.5. The number of carbonyl (C=O) groups excluding carboxylic acids is 1. The molecule has 2 rings (SSSR count). The quantitative estimate of drug-likeness (QED) is 0.815. The normalized spacial score (nSPS) is 17.0. The number of alkyl halides is 2. The number of nitrogens with one attached hydrogen (secondary N) is 2. The molecule has 0 saturated carbocycles. The molecule has 1 saturated heterocycles. The van der Waals surface area contributed by atoms with Crippen molar-refractivity contribution in [3.8, 4) is 0 Å². The fourth-order valence-corrected chi connectivity index (χ4v) is 3.37. The van der Waals surface area contributed by atoms with Crippen LogP contribution in [0.5, 0.6) is 0 Å². The van der Waals surface area contributed by atoms with Crippen molar-refractivity contribution in [2.24, 2.45) is 0 Å². The number of halogens is 2. The van der Waals surface area contributed by atoms with Crippen LogP contribution in [-0.2, 0) is 4.79 Å². The monoisotopic (exact) mass is 329 g/mol. The average Bonchev–Trinajstić information content (AvgIpc) is 2.43. The Balaban J connectivity index is 1.90. The Labute approximate surface area is 134 Å². The van der Waals surface area contributed by atoms with Crippen LogP contribution >= 0.6 is 11.8 Å². The smallest absolute Gasteiger partial charge is 0.288 e. The molecule has 0 radical (unpaired) electrons. The minimum atomic E-state index is -2.49. The second-order valence-electron chi connectivity index (χ2n) is 5.62. The van der Waals surface area contributed by atoms with E-state index in [2.05, 4.69) is 5.32 Å². The van der Waals surface area contributed by atoms with E-state index in [0.717, 1.165) is 25.9 Å². The molecule has 22 heavy (non-hydrogen) atoms. The van der Waals surface area contributed by atoms with Gasteiger partial charge in [-0.25, -0.2) is 0 Å². The number of likely N-dealkylation sites (tertiary alicyclic amines) is 1. The number of para-hydroxylation sites is 1. The lowest BCUT2D eigenvalue weighted by Gasteiger charge is -2.21. The van der Waals surface area contributed by atoms with Crippen molar-refractivity contribution in [1.29, 1.82) is 0 Å². The molecule has 2 N–H and O–H groups in total. The van der Waals surface area contributed by atoms with Gasteiger partial charge >= 0.3 is 0 Å². The first-order chi connectivity index (χ1) is 10.6. The summed E-state index contributed by atoms with van der Waals surface area (Å²) in [6.07, 6.45) is 6.07. The molecular weight excluding hydrogens is 306 g/mol. The molecule has 1 fully saturated rings. The Kier molecular flexibility index (Phi) is 7.12. The number of benzene rings is 1. The largest absolute Gasteiger partial charge is 0.327 e. The zero-order chi connectivity index (χ0) is 15.8. The molecule has 0 unspecified atom stereocenters. The molecule has 1 aliphatic heterocycles. The van der Waals surface area contributed by atoms with Crippen LogP contribution in [0.4, 0.5) is 14.5 Å². The number of quaternary nitrogens is 1. The summed E-state index contributed by atoms with van der Waals surface area (Å²) >= 11 is 0.464. The summed E-state index contributed by atoms with van der Waals surface area (Å²) in [5, 5.41) is 2.79. The summed E-state index contributed by atoms with van der Waals surface area (Å²) in [5.74, 6) is -2.59. The summed E-state index contributed by atoms with van der Waals surface area (Å²) in [4.78, 5) is 13.9. The van der Waals surface area contributed by atoms with Crippen molar-refractivity contribution in [2.75, 3.05) is 25.0 Å². The highest BCUT2D eigenvalue weighted by molar-refractivity contribution is 7.99. The van der Waals surface area contributed by atoms with E-state index >= 15 is 0 Å². The molecule has 0 aromatic heterocycles. The SMILES string of the molecule is O=C(C[NH+]1CCCCCCC1)Nc1ccccc1SC(F)F. The van der Waals surface area contributed by atoms with Gasteiger partial charge in [0.25, 0.3) is 11.7 Å². The lowest BCUT2D eigenvalue weighted by molar-refractivity contribution is -0.892. The molecule has 0 spiro atoms. The van der Waals surface area contributed by atoms with Gasteiger partial charge in [-0.2, -0.15) is 8.78 Å². The highest BCUT2D eigenvalue weighted by atomic mass is 32.2. The molecule has 6 heteroatoms. The van der Waals surface area contributed by atoms with Gasteiger partial charge in [-0.15, -0.1) is 0 Å². The molecule has 1 aliphatic rings. The van der Waals surface area contributed by atoms with E-state index in [1.54, 1.807) is 24.3 Å². The summed E-state index contributed by atoms with van der Waals surface area (Å²) in [6, 6.07) is 6.72. The number of amides is 1. The van der Waals surface area contributed by atoms with Crippen LogP contribution in [0.15, 0.2) is 29.2 Å². The van der Waals surface area contributed by atoms with Gasteiger partial charge in [-0.1, -0.05) is 30.3 Å². The lowest BCUT2D eigenvalue weighted by atomic mass is 10.1. The molecule has 3 nitrogen and oxygen atoms in total. The van der Waals surface area contributed by atoms with Crippen molar-refractivity contribution in [3.05, 3.63) is 24.3 Å². The van der Waals surface area contributed by atoms with Gasteiger partial charge in [-0.3, -0.25) is 4.79 Å². The van der Waals surface area contributed by atoms with E-state index in [0.29, 0.717) is 28.9 Å². The van der Waals surface area contributed by atoms with Crippen LogP contribution in [0.3, 0.4) is 0 Å². The molecule has 0 bridgehead atoms. The summed E-state index contributed by atoms with van der Waals surface area (Å²) in [5.41, 5.74) is 0.476. The third-order valence-corrected chi connectivity index (χ3v) is 4.64. The highest BCUT2D eigenvalue weighted by Gasteiger charge is 2.17. The number of thioether (sulfide) groups is 1. The number of carbonyl (C=O) groups is 1. The summed E-state index contributed by atoms with van der Waals surface area (Å²) < 4.78 is 25.1. The van der Waals surface area contributed by atoms with Crippen LogP contribution in [0, 0.1) is 0 Å². The van der Waals surface area contributed by atoms with Crippen LogP contribution in [-0.4, -0.2) is 31.3 Å². The Bertz CT molecular complexity index is 477. The minimum absolute atomic E-state index is 0.0992. The number of hydrogen-bond acceptors (Lipinski definition) is 2. The van der Waals surface area contributed by atoms with E-state index in [-0.39, 0.29) is 5.91 Å². The van der Waals surface area contributed by atoms with Crippen molar-refractivity contribution < 1.29 is 18.5 Å². The Hall–Kier alpha value is -1.14. The third-order valence-electron chi connectivity index (χ3n) is 3.85. The molecule has 122 valence electrons. The molecular formula is C16H23F2N2OS+. The number of hydrogen-bond donors (Lipinski definition) is 2. The van der Waals surface area contributed by atoms with E-state index in [1.165, 1.54) is 24.2 Å². The van der Waals surface area contributed by atoms with Gasteiger partial charge in [-0.05, 0) is 37.8 Å². The topological polar surface area (TPSA) is 33.5 Å². The predicted molar refractivity (Wildman–Crippen MR) is 85.6 cm³/mol. The van der Waals surface area contributed by atoms with Crippen LogP contribution < -0.4 is 10.2 Å². The number of anilines is 1. The maximum Gasteiger partial charge on any atom is 0.288 e. The van der Waals surface area contributed by atoms with Gasteiger partial charge < -0.3 is 10.2 Å². The van der Waals surface area contributed by atoms with Gasteiger partial charge in [0, 0.05) is 4.90 Å². The fraction of sp³-hybridized carbons (Fsp3) is 0.562. The van der Waals surface area contributed by atoms with Crippen LogP contribution in [0.2, 0.25) is 0 Å². The number of rotatable bonds is 5. The van der Waals surface area contributed by atoms with Crippen molar-refractivity contribution in [1.82, 2.24) is 0 Å². The standard InChI is InChI=1S/C16H22F2N2OS/c17-16(18)22-14-9-5-4-8-13(14)19-15(21)12-20-10-6-2-1-3-7-11-20/h4-5,8-9,16H,1-3,6-7,10-12H2,(H,19,21)/p+1. The van der Waals surface area contributed by atoms with E-state index in [9.17, 15) is 13.6 Å². The highest BCUT2D eigenvalue weighted by Crippen LogP contribution is 2.31. The van der Waals surface area contributed by atoms with Gasteiger partial charge in [0.2, 0.25) is 0 Å². The predicted octanol–water partition coefficient (Wildman–Crippen LogP) is 2.79. The average molecular weight is 329 g/mol. The molecule has 0 atom stereocenters. The fourth-order valence-electron chi connectivity index (χ4n) is 2.77. The second-order valence-corrected chi connectivity index (χ2v) is 6.65. The van der Waals surface area contributed by atoms with Crippen LogP contribution in [0.1, 0.15) is 32.1 Å². The van der Waals surface area contributed by atoms with Crippen molar-refractivity contribution >= 4 is 23.4 Å². The van der Waals surface area contributed by atoms with Crippen molar-refractivity contribution in [2.45, 2.75) is 42.8 Å². The summed E-state index contributed by atoms with van der Waals surface area (Å²) in [6.45, 7) is 2.44. The molecule has 1 aromatic rings. The Morgan fingerprint density at radius 2 is 1.77 bits per heavy atom. The van der Waals surface area contributed by atoms with Gasteiger partial charge in [0.15, 0.2) is 6.54 Å². The van der Waals surface area contributed by atoms with Gasteiger partial charge in [0.05, 0.1) is 18.8 Å². The van der Waals surface area contributed by atoms with Crippen molar-refractivity contribution in [3.63, 3.8) is 0 Å². The minimum Gasteiger partial charge on any atom is -0.327 e. The first-order valence-electron chi connectivity index (χ1n) is 7.82. The zero-order valence-electron chi connectivity index (χ0n) is 12.6. The molecule has 1 amide bonds. The van der Waals surface area contributed by atoms with E-state index in [4.69, 9.17) is 0 Å². The first-order valence-corrected chi connectivity index (χ1v) is 8.70. The Morgan fingerprint density at radius 1 is 1.14 bits per heavy atom. The Morgan fingerprint density at radius 3 is 2.45 bits per heavy atom. The summed E-state index contributed by atoms with van der Waals surface area (Å²) in [7, 11) is 0. The molecule has 1 aromatic carbocycles. The second kappa shape index (κ2) is 9.10. The van der Waals surface area contributed by atoms with Crippen LogP contribution in [0.25, 0.3) is 0 Å². The molecule has 1 heterocycles. The molecule has 0 aliphatic carbocycles. The lowest BCUT2D eigenvalue weighted by Crippen LogP contribution is -3.13. The van der Waals surface area contributed by atoms with E-state index < -0.39 is 5.76 Å². The maximum atomic E-state index is 12.5. The van der Waals surface area contributed by atoms with Gasteiger partial charge in [0.1, 0.15) is 0 Å².